The summed E-state index contributed by atoms with van der Waals surface area (Å²) in [6.45, 7) is 3.86. The van der Waals surface area contributed by atoms with Gasteiger partial charge in [-0.2, -0.15) is 5.10 Å². The molecule has 14 heavy (non-hydrogen) atoms. The Morgan fingerprint density at radius 1 is 1.64 bits per heavy atom. The minimum atomic E-state index is 0.0438. The fourth-order valence-corrected chi connectivity index (χ4v) is 1.68. The van der Waals surface area contributed by atoms with Crippen molar-refractivity contribution in [3.05, 3.63) is 16.4 Å². The second-order valence-corrected chi connectivity index (χ2v) is 3.86. The van der Waals surface area contributed by atoms with E-state index >= 15 is 0 Å². The molecule has 0 aliphatic heterocycles. The first kappa shape index (κ1) is 11.2. The molecule has 78 valence electrons. The molecule has 0 spiro atoms. The SMILES string of the molecule is CCC(C=O)Cc1c(Cl)c(C)nn1C. The molecule has 0 amide bonds. The van der Waals surface area contributed by atoms with Crippen LogP contribution in [0.4, 0.5) is 0 Å². The average molecular weight is 215 g/mol. The van der Waals surface area contributed by atoms with Gasteiger partial charge in [-0.1, -0.05) is 18.5 Å². The van der Waals surface area contributed by atoms with Crippen molar-refractivity contribution in [1.82, 2.24) is 9.78 Å². The van der Waals surface area contributed by atoms with Gasteiger partial charge in [-0.25, -0.2) is 0 Å². The van der Waals surface area contributed by atoms with Gasteiger partial charge in [0.1, 0.15) is 6.29 Å². The molecule has 0 radical (unpaired) electrons. The molecule has 1 aromatic heterocycles. The Hall–Kier alpha value is -0.830. The van der Waals surface area contributed by atoms with Crippen LogP contribution in [0.3, 0.4) is 0 Å². The number of aldehydes is 1. The first-order valence-corrected chi connectivity index (χ1v) is 5.11. The maximum Gasteiger partial charge on any atom is 0.123 e. The Labute approximate surface area is 89.1 Å². The van der Waals surface area contributed by atoms with Gasteiger partial charge in [-0.05, 0) is 13.3 Å². The lowest BCUT2D eigenvalue weighted by Gasteiger charge is -2.07. The van der Waals surface area contributed by atoms with Crippen LogP contribution in [0.15, 0.2) is 0 Å². The van der Waals surface area contributed by atoms with Crippen molar-refractivity contribution in [3.8, 4) is 0 Å². The van der Waals surface area contributed by atoms with Crippen molar-refractivity contribution < 1.29 is 4.79 Å². The van der Waals surface area contributed by atoms with E-state index in [9.17, 15) is 4.79 Å². The summed E-state index contributed by atoms with van der Waals surface area (Å²) >= 11 is 6.07. The van der Waals surface area contributed by atoms with Crippen LogP contribution in [0.1, 0.15) is 24.7 Å². The van der Waals surface area contributed by atoms with Crippen molar-refractivity contribution in [2.75, 3.05) is 0 Å². The highest BCUT2D eigenvalue weighted by Crippen LogP contribution is 2.22. The van der Waals surface area contributed by atoms with E-state index in [0.29, 0.717) is 11.4 Å². The van der Waals surface area contributed by atoms with Crippen molar-refractivity contribution in [2.45, 2.75) is 26.7 Å². The molecule has 1 aromatic rings. The van der Waals surface area contributed by atoms with Crippen LogP contribution in [0, 0.1) is 12.8 Å². The van der Waals surface area contributed by atoms with E-state index in [-0.39, 0.29) is 5.92 Å². The van der Waals surface area contributed by atoms with Crippen LogP contribution in [0.25, 0.3) is 0 Å². The molecule has 0 bridgehead atoms. The molecule has 1 heterocycles. The second-order valence-electron chi connectivity index (χ2n) is 3.48. The van der Waals surface area contributed by atoms with Gasteiger partial charge < -0.3 is 4.79 Å². The largest absolute Gasteiger partial charge is 0.303 e. The first-order valence-electron chi connectivity index (χ1n) is 4.73. The van der Waals surface area contributed by atoms with Gasteiger partial charge in [0.15, 0.2) is 0 Å². The van der Waals surface area contributed by atoms with Crippen molar-refractivity contribution in [1.29, 1.82) is 0 Å². The molecule has 0 saturated heterocycles. The fourth-order valence-electron chi connectivity index (χ4n) is 1.44. The molecule has 0 N–H and O–H groups in total. The second kappa shape index (κ2) is 4.60. The van der Waals surface area contributed by atoms with Gasteiger partial charge in [0, 0.05) is 19.4 Å². The van der Waals surface area contributed by atoms with E-state index in [1.807, 2.05) is 20.9 Å². The summed E-state index contributed by atoms with van der Waals surface area (Å²) in [4.78, 5) is 10.7. The zero-order valence-corrected chi connectivity index (χ0v) is 9.51. The number of aromatic nitrogens is 2. The molecule has 3 nitrogen and oxygen atoms in total. The molecule has 1 atom stereocenters. The van der Waals surface area contributed by atoms with E-state index in [2.05, 4.69) is 5.10 Å². The maximum atomic E-state index is 10.7. The number of halogens is 1. The topological polar surface area (TPSA) is 34.9 Å². The lowest BCUT2D eigenvalue weighted by Crippen LogP contribution is -2.08. The van der Waals surface area contributed by atoms with Gasteiger partial charge in [0.2, 0.25) is 0 Å². The average Bonchev–Trinajstić information content (AvgIpc) is 2.40. The van der Waals surface area contributed by atoms with Crippen LogP contribution in [-0.4, -0.2) is 16.1 Å². The zero-order chi connectivity index (χ0) is 10.7. The maximum absolute atomic E-state index is 10.7. The van der Waals surface area contributed by atoms with Gasteiger partial charge in [-0.3, -0.25) is 4.68 Å². The summed E-state index contributed by atoms with van der Waals surface area (Å²) < 4.78 is 1.75. The number of aryl methyl sites for hydroxylation is 2. The Morgan fingerprint density at radius 3 is 2.64 bits per heavy atom. The van der Waals surface area contributed by atoms with Gasteiger partial charge in [0.05, 0.1) is 16.4 Å². The minimum absolute atomic E-state index is 0.0438. The van der Waals surface area contributed by atoms with E-state index in [1.54, 1.807) is 4.68 Å². The third-order valence-corrected chi connectivity index (χ3v) is 2.93. The smallest absolute Gasteiger partial charge is 0.123 e. The quantitative estimate of drug-likeness (QED) is 0.720. The molecule has 0 aliphatic carbocycles. The van der Waals surface area contributed by atoms with Crippen LogP contribution in [0.5, 0.6) is 0 Å². The van der Waals surface area contributed by atoms with Crippen LogP contribution in [0.2, 0.25) is 5.02 Å². The van der Waals surface area contributed by atoms with E-state index in [4.69, 9.17) is 11.6 Å². The van der Waals surface area contributed by atoms with Crippen molar-refractivity contribution in [3.63, 3.8) is 0 Å². The van der Waals surface area contributed by atoms with Crippen LogP contribution >= 0.6 is 11.6 Å². The zero-order valence-electron chi connectivity index (χ0n) is 8.75. The standard InChI is InChI=1S/C10H15ClN2O/c1-4-8(6-14)5-9-10(11)7(2)12-13(9)3/h6,8H,4-5H2,1-3H3. The summed E-state index contributed by atoms with van der Waals surface area (Å²) in [7, 11) is 1.85. The molecule has 0 aliphatic rings. The summed E-state index contributed by atoms with van der Waals surface area (Å²) in [5, 5.41) is 4.89. The Kier molecular flexibility index (Phi) is 3.69. The van der Waals surface area contributed by atoms with Crippen LogP contribution in [-0.2, 0) is 18.3 Å². The van der Waals surface area contributed by atoms with Gasteiger partial charge >= 0.3 is 0 Å². The van der Waals surface area contributed by atoms with Crippen LogP contribution < -0.4 is 0 Å². The highest BCUT2D eigenvalue weighted by Gasteiger charge is 2.15. The number of hydrogen-bond donors (Lipinski definition) is 0. The number of nitrogens with zero attached hydrogens (tertiary/aromatic N) is 2. The number of hydrogen-bond acceptors (Lipinski definition) is 2. The molecule has 0 aromatic carbocycles. The monoisotopic (exact) mass is 214 g/mol. The summed E-state index contributed by atoms with van der Waals surface area (Å²) in [6, 6.07) is 0. The normalized spacial score (nSPS) is 12.9. The third-order valence-electron chi connectivity index (χ3n) is 2.43. The molecule has 1 rings (SSSR count). The minimum Gasteiger partial charge on any atom is -0.303 e. The fraction of sp³-hybridized carbons (Fsp3) is 0.600. The molecular formula is C10H15ClN2O. The summed E-state index contributed by atoms with van der Waals surface area (Å²) in [5.74, 6) is 0.0438. The molecule has 1 unspecified atom stereocenters. The van der Waals surface area contributed by atoms with Crippen molar-refractivity contribution >= 4 is 17.9 Å². The summed E-state index contributed by atoms with van der Waals surface area (Å²) in [5.41, 5.74) is 1.77. The lowest BCUT2D eigenvalue weighted by atomic mass is 10.0. The van der Waals surface area contributed by atoms with E-state index in [1.165, 1.54) is 0 Å². The molecule has 0 saturated carbocycles. The van der Waals surface area contributed by atoms with Crippen molar-refractivity contribution in [2.24, 2.45) is 13.0 Å². The predicted molar refractivity (Wildman–Crippen MR) is 56.5 cm³/mol. The first-order chi connectivity index (χ1) is 6.60. The Morgan fingerprint density at radius 2 is 2.29 bits per heavy atom. The highest BCUT2D eigenvalue weighted by molar-refractivity contribution is 6.31. The predicted octanol–water partition coefficient (Wildman–Crippen LogP) is 2.15. The molecule has 0 fully saturated rings. The number of carbonyl (C=O) groups is 1. The van der Waals surface area contributed by atoms with Gasteiger partial charge in [0.25, 0.3) is 0 Å². The Balaban J connectivity index is 2.90. The van der Waals surface area contributed by atoms with Gasteiger partial charge in [-0.15, -0.1) is 0 Å². The third kappa shape index (κ3) is 2.15. The van der Waals surface area contributed by atoms with E-state index < -0.39 is 0 Å². The number of carbonyl (C=O) groups excluding carboxylic acids is 1. The molecule has 4 heteroatoms. The Bertz CT molecular complexity index is 333. The van der Waals surface area contributed by atoms with E-state index in [0.717, 1.165) is 24.1 Å². The number of rotatable bonds is 4. The summed E-state index contributed by atoms with van der Waals surface area (Å²) in [6.07, 6.45) is 2.50. The molecular weight excluding hydrogens is 200 g/mol. The highest BCUT2D eigenvalue weighted by atomic mass is 35.5. The lowest BCUT2D eigenvalue weighted by molar-refractivity contribution is -0.111.